The third kappa shape index (κ3) is 2.44. The van der Waals surface area contributed by atoms with Crippen LogP contribution in [-0.2, 0) is 7.05 Å². The summed E-state index contributed by atoms with van der Waals surface area (Å²) in [5, 5.41) is 0. The van der Waals surface area contributed by atoms with Gasteiger partial charge < -0.3 is 9.88 Å². The lowest BCUT2D eigenvalue weighted by atomic mass is 9.95. The monoisotopic (exact) mass is 309 g/mol. The van der Waals surface area contributed by atoms with E-state index < -0.39 is 0 Å². The van der Waals surface area contributed by atoms with E-state index in [9.17, 15) is 9.59 Å². The highest BCUT2D eigenvalue weighted by molar-refractivity contribution is 5.97. The van der Waals surface area contributed by atoms with E-state index in [1.807, 2.05) is 43.3 Å². The van der Waals surface area contributed by atoms with Gasteiger partial charge >= 0.3 is 5.69 Å². The summed E-state index contributed by atoms with van der Waals surface area (Å²) in [6.07, 6.45) is 0. The number of fused-ring (bicyclic) bond motifs is 1. The van der Waals surface area contributed by atoms with Gasteiger partial charge in [0.05, 0.1) is 11.0 Å². The number of rotatable bonds is 2. The zero-order chi connectivity index (χ0) is 16.7. The number of carbonyl (C=O) groups excluding carboxylic acids is 1. The normalized spacial score (nSPS) is 11.0. The molecule has 23 heavy (non-hydrogen) atoms. The molecule has 1 aromatic heterocycles. The van der Waals surface area contributed by atoms with Crippen molar-refractivity contribution in [1.29, 1.82) is 0 Å². The topological polar surface area (TPSA) is 58.1 Å². The fourth-order valence-corrected chi connectivity index (χ4v) is 2.83. The van der Waals surface area contributed by atoms with Crippen molar-refractivity contribution in [3.63, 3.8) is 0 Å². The van der Waals surface area contributed by atoms with Gasteiger partial charge in [-0.25, -0.2) is 4.79 Å². The molecule has 0 saturated heterocycles. The Labute approximate surface area is 134 Å². The van der Waals surface area contributed by atoms with E-state index in [4.69, 9.17) is 0 Å². The highest BCUT2D eigenvalue weighted by atomic mass is 16.2. The SMILES string of the molecule is Cc1c(C(=O)N(C)C)cccc1-c1ccc2c(c1)[nH]c(=O)n2C. The number of nitrogens with one attached hydrogen (secondary N) is 1. The van der Waals surface area contributed by atoms with Gasteiger partial charge in [-0.2, -0.15) is 0 Å². The average molecular weight is 309 g/mol. The van der Waals surface area contributed by atoms with E-state index in [-0.39, 0.29) is 11.6 Å². The lowest BCUT2D eigenvalue weighted by molar-refractivity contribution is 0.0827. The second kappa shape index (κ2) is 5.43. The summed E-state index contributed by atoms with van der Waals surface area (Å²) < 4.78 is 1.58. The van der Waals surface area contributed by atoms with Gasteiger partial charge in [-0.1, -0.05) is 18.2 Å². The van der Waals surface area contributed by atoms with Crippen molar-refractivity contribution in [1.82, 2.24) is 14.5 Å². The van der Waals surface area contributed by atoms with E-state index in [1.54, 1.807) is 30.6 Å². The Morgan fingerprint density at radius 2 is 1.91 bits per heavy atom. The summed E-state index contributed by atoms with van der Waals surface area (Å²) in [7, 11) is 5.23. The summed E-state index contributed by atoms with van der Waals surface area (Å²) >= 11 is 0. The van der Waals surface area contributed by atoms with Crippen LogP contribution in [0, 0.1) is 6.92 Å². The molecule has 0 aliphatic carbocycles. The number of benzene rings is 2. The Morgan fingerprint density at radius 1 is 1.17 bits per heavy atom. The van der Waals surface area contributed by atoms with Crippen molar-refractivity contribution < 1.29 is 4.79 Å². The Kier molecular flexibility index (Phi) is 3.56. The molecule has 0 aliphatic rings. The molecule has 0 saturated carbocycles. The smallest absolute Gasteiger partial charge is 0.326 e. The zero-order valence-corrected chi connectivity index (χ0v) is 13.7. The standard InChI is InChI=1S/C18H19N3O2/c1-11-13(6-5-7-14(11)17(22)20(2)3)12-8-9-16-15(10-12)19-18(23)21(16)4/h5-10H,1-4H3,(H,19,23). The molecule has 5 nitrogen and oxygen atoms in total. The summed E-state index contributed by atoms with van der Waals surface area (Å²) in [4.78, 5) is 28.4. The maximum Gasteiger partial charge on any atom is 0.326 e. The molecule has 5 heteroatoms. The van der Waals surface area contributed by atoms with Crippen molar-refractivity contribution in [3.8, 4) is 11.1 Å². The highest BCUT2D eigenvalue weighted by Gasteiger charge is 2.14. The third-order valence-electron chi connectivity index (χ3n) is 4.19. The van der Waals surface area contributed by atoms with Gasteiger partial charge in [0, 0.05) is 26.7 Å². The van der Waals surface area contributed by atoms with Crippen LogP contribution in [0.4, 0.5) is 0 Å². The number of H-pyrrole nitrogens is 1. The molecule has 0 aliphatic heterocycles. The minimum absolute atomic E-state index is 0.0152. The van der Waals surface area contributed by atoms with E-state index in [0.29, 0.717) is 5.56 Å². The molecule has 0 atom stereocenters. The minimum Gasteiger partial charge on any atom is -0.345 e. The van der Waals surface area contributed by atoms with Crippen molar-refractivity contribution >= 4 is 16.9 Å². The number of aryl methyl sites for hydroxylation is 1. The van der Waals surface area contributed by atoms with Gasteiger partial charge in [-0.15, -0.1) is 0 Å². The van der Waals surface area contributed by atoms with Crippen LogP contribution in [0.2, 0.25) is 0 Å². The maximum absolute atomic E-state index is 12.3. The molecule has 1 N–H and O–H groups in total. The summed E-state index contributed by atoms with van der Waals surface area (Å²) in [6.45, 7) is 1.95. The lowest BCUT2D eigenvalue weighted by Gasteiger charge is -2.15. The van der Waals surface area contributed by atoms with Crippen LogP contribution in [-0.4, -0.2) is 34.5 Å². The van der Waals surface area contributed by atoms with E-state index in [2.05, 4.69) is 4.98 Å². The Balaban J connectivity index is 2.17. The third-order valence-corrected chi connectivity index (χ3v) is 4.19. The second-order valence-electron chi connectivity index (χ2n) is 5.90. The second-order valence-corrected chi connectivity index (χ2v) is 5.90. The van der Waals surface area contributed by atoms with Crippen molar-refractivity contribution in [3.05, 3.63) is 58.0 Å². The lowest BCUT2D eigenvalue weighted by Crippen LogP contribution is -2.22. The van der Waals surface area contributed by atoms with Crippen LogP contribution in [0.25, 0.3) is 22.2 Å². The first-order valence-corrected chi connectivity index (χ1v) is 7.40. The van der Waals surface area contributed by atoms with Gasteiger partial charge in [-0.05, 0) is 41.8 Å². The largest absolute Gasteiger partial charge is 0.345 e. The van der Waals surface area contributed by atoms with Crippen LogP contribution in [0.3, 0.4) is 0 Å². The molecule has 0 unspecified atom stereocenters. The molecular formula is C18H19N3O2. The molecule has 0 spiro atoms. The maximum atomic E-state index is 12.3. The number of aromatic amines is 1. The molecule has 2 aromatic carbocycles. The number of carbonyl (C=O) groups is 1. The molecule has 0 bridgehead atoms. The molecule has 3 rings (SSSR count). The highest BCUT2D eigenvalue weighted by Crippen LogP contribution is 2.28. The Bertz CT molecular complexity index is 964. The number of aromatic nitrogens is 2. The van der Waals surface area contributed by atoms with Gasteiger partial charge in [-0.3, -0.25) is 9.36 Å². The summed E-state index contributed by atoms with van der Waals surface area (Å²) in [5.74, 6) is -0.0152. The number of hydrogen-bond acceptors (Lipinski definition) is 2. The first-order valence-electron chi connectivity index (χ1n) is 7.40. The molecule has 0 radical (unpaired) electrons. The Hall–Kier alpha value is -2.82. The number of amides is 1. The van der Waals surface area contributed by atoms with E-state index in [0.717, 1.165) is 27.7 Å². The molecule has 118 valence electrons. The molecule has 1 amide bonds. The van der Waals surface area contributed by atoms with E-state index >= 15 is 0 Å². The van der Waals surface area contributed by atoms with Crippen molar-refractivity contribution in [2.75, 3.05) is 14.1 Å². The first-order chi connectivity index (χ1) is 10.9. The fourth-order valence-electron chi connectivity index (χ4n) is 2.83. The quantitative estimate of drug-likeness (QED) is 0.791. The average Bonchev–Trinajstić information content (AvgIpc) is 2.81. The fraction of sp³-hybridized carbons (Fsp3) is 0.222. The van der Waals surface area contributed by atoms with Gasteiger partial charge in [0.1, 0.15) is 0 Å². The van der Waals surface area contributed by atoms with Gasteiger partial charge in [0.25, 0.3) is 5.91 Å². The van der Waals surface area contributed by atoms with Crippen LogP contribution < -0.4 is 5.69 Å². The predicted octanol–water partition coefficient (Wildman–Crippen LogP) is 2.54. The summed E-state index contributed by atoms with van der Waals surface area (Å²) in [5.41, 5.74) is 5.11. The molecule has 3 aromatic rings. The number of nitrogens with zero attached hydrogens (tertiary/aromatic N) is 2. The molecule has 1 heterocycles. The summed E-state index contributed by atoms with van der Waals surface area (Å²) in [6, 6.07) is 11.6. The Morgan fingerprint density at radius 3 is 2.61 bits per heavy atom. The van der Waals surface area contributed by atoms with E-state index in [1.165, 1.54) is 0 Å². The predicted molar refractivity (Wildman–Crippen MR) is 91.7 cm³/mol. The molecule has 0 fully saturated rings. The minimum atomic E-state index is -0.134. The van der Waals surface area contributed by atoms with Crippen LogP contribution in [0.5, 0.6) is 0 Å². The molecular weight excluding hydrogens is 290 g/mol. The van der Waals surface area contributed by atoms with Crippen LogP contribution in [0.15, 0.2) is 41.2 Å². The van der Waals surface area contributed by atoms with Gasteiger partial charge in [0.2, 0.25) is 0 Å². The zero-order valence-electron chi connectivity index (χ0n) is 13.7. The van der Waals surface area contributed by atoms with Crippen LogP contribution in [0.1, 0.15) is 15.9 Å². The number of imidazole rings is 1. The number of hydrogen-bond donors (Lipinski definition) is 1. The van der Waals surface area contributed by atoms with Crippen molar-refractivity contribution in [2.45, 2.75) is 6.92 Å². The van der Waals surface area contributed by atoms with Gasteiger partial charge in [0.15, 0.2) is 0 Å². The van der Waals surface area contributed by atoms with Crippen molar-refractivity contribution in [2.24, 2.45) is 7.05 Å². The van der Waals surface area contributed by atoms with Crippen LogP contribution >= 0.6 is 0 Å². The first kappa shape index (κ1) is 15.1.